The second-order valence-corrected chi connectivity index (χ2v) is 6.45. The van der Waals surface area contributed by atoms with E-state index in [1.165, 1.54) is 20.3 Å². The quantitative estimate of drug-likeness (QED) is 0.828. The number of rotatable bonds is 6. The minimum atomic E-state index is -4.11. The first-order valence-corrected chi connectivity index (χ1v) is 8.53. The van der Waals surface area contributed by atoms with Crippen molar-refractivity contribution in [2.75, 3.05) is 20.8 Å². The van der Waals surface area contributed by atoms with E-state index in [9.17, 15) is 18.3 Å². The first-order valence-electron chi connectivity index (χ1n) is 7.14. The Labute approximate surface area is 140 Å². The molecule has 1 aliphatic heterocycles. The lowest BCUT2D eigenvalue weighted by Gasteiger charge is -2.25. The molecule has 9 heteroatoms. The number of carboxylic acid groups (broad SMARTS) is 1. The zero-order chi connectivity index (χ0) is 17.9. The molecule has 0 fully saturated rings. The molecule has 2 rings (SSSR count). The molecule has 0 saturated heterocycles. The highest BCUT2D eigenvalue weighted by Crippen LogP contribution is 2.29. The number of nitrogens with zero attached hydrogens (tertiary/aromatic N) is 2. The third kappa shape index (κ3) is 3.35. The Kier molecular flexibility index (Phi) is 5.13. The van der Waals surface area contributed by atoms with Gasteiger partial charge in [0, 0.05) is 12.1 Å². The lowest BCUT2D eigenvalue weighted by molar-refractivity contribution is -0.133. The Morgan fingerprint density at radius 3 is 2.46 bits per heavy atom. The van der Waals surface area contributed by atoms with Crippen LogP contribution in [-0.4, -0.2) is 50.3 Å². The summed E-state index contributed by atoms with van der Waals surface area (Å²) in [6.07, 6.45) is 1.70. The molecule has 0 saturated carbocycles. The Hall–Kier alpha value is -2.55. The highest BCUT2D eigenvalue weighted by atomic mass is 32.2. The molecule has 0 aromatic heterocycles. The number of benzene rings is 1. The van der Waals surface area contributed by atoms with Crippen molar-refractivity contribution in [3.05, 3.63) is 35.5 Å². The normalized spacial score (nSPS) is 16.2. The third-order valence-electron chi connectivity index (χ3n) is 3.36. The van der Waals surface area contributed by atoms with Crippen molar-refractivity contribution in [3.63, 3.8) is 0 Å². The van der Waals surface area contributed by atoms with E-state index in [4.69, 9.17) is 9.47 Å². The van der Waals surface area contributed by atoms with Gasteiger partial charge in [0.05, 0.1) is 19.9 Å². The van der Waals surface area contributed by atoms with Crippen molar-refractivity contribution in [2.45, 2.75) is 13.3 Å². The number of carbonyl (C=O) groups is 1. The summed E-state index contributed by atoms with van der Waals surface area (Å²) in [6, 6.07) is 4.72. The second-order valence-electron chi connectivity index (χ2n) is 4.93. The maximum atomic E-state index is 12.3. The molecular weight excluding hydrogens is 336 g/mol. The van der Waals surface area contributed by atoms with Gasteiger partial charge < -0.3 is 14.6 Å². The van der Waals surface area contributed by atoms with Crippen LogP contribution in [0.5, 0.6) is 11.5 Å². The predicted molar refractivity (Wildman–Crippen MR) is 87.7 cm³/mol. The molecule has 0 atom stereocenters. The van der Waals surface area contributed by atoms with Gasteiger partial charge in [-0.2, -0.15) is 8.42 Å². The van der Waals surface area contributed by atoms with E-state index < -0.39 is 16.2 Å². The molecule has 0 aliphatic carbocycles. The van der Waals surface area contributed by atoms with Crippen LogP contribution in [0, 0.1) is 0 Å². The number of aliphatic carboxylic acids is 1. The number of allylic oxidation sites excluding steroid dienone is 1. The molecule has 1 aliphatic rings. The molecule has 24 heavy (non-hydrogen) atoms. The van der Waals surface area contributed by atoms with E-state index in [0.29, 0.717) is 23.5 Å². The lowest BCUT2D eigenvalue weighted by atomic mass is 10.1. The number of hydrogen-bond donors (Lipinski definition) is 1. The monoisotopic (exact) mass is 354 g/mol. The van der Waals surface area contributed by atoms with Gasteiger partial charge in [0.1, 0.15) is 5.70 Å². The fourth-order valence-corrected chi connectivity index (χ4v) is 3.56. The minimum Gasteiger partial charge on any atom is -0.493 e. The van der Waals surface area contributed by atoms with Gasteiger partial charge in [0.15, 0.2) is 11.5 Å². The van der Waals surface area contributed by atoms with Gasteiger partial charge >= 0.3 is 16.2 Å². The van der Waals surface area contributed by atoms with Crippen LogP contribution in [0.4, 0.5) is 0 Å². The number of carboxylic acids is 1. The van der Waals surface area contributed by atoms with E-state index in [0.717, 1.165) is 4.31 Å². The van der Waals surface area contributed by atoms with Gasteiger partial charge in [0.2, 0.25) is 0 Å². The summed E-state index contributed by atoms with van der Waals surface area (Å²) < 4.78 is 39.5. The maximum absolute atomic E-state index is 12.3. The molecule has 1 aromatic carbocycles. The molecular formula is C15H18N2O6S. The minimum absolute atomic E-state index is 0.0284. The fourth-order valence-electron chi connectivity index (χ4n) is 2.26. The van der Waals surface area contributed by atoms with Gasteiger partial charge in [0.25, 0.3) is 0 Å². The summed E-state index contributed by atoms with van der Waals surface area (Å²) in [5, 5.41) is 9.34. The highest BCUT2D eigenvalue weighted by Gasteiger charge is 2.32. The summed E-state index contributed by atoms with van der Waals surface area (Å²) >= 11 is 0. The molecule has 0 unspecified atom stereocenters. The molecule has 1 aromatic rings. The number of ether oxygens (including phenoxy) is 2. The zero-order valence-corrected chi connectivity index (χ0v) is 14.3. The van der Waals surface area contributed by atoms with Gasteiger partial charge in [-0.15, -0.1) is 4.40 Å². The van der Waals surface area contributed by atoms with Crippen LogP contribution in [0.1, 0.15) is 18.9 Å². The van der Waals surface area contributed by atoms with E-state index in [-0.39, 0.29) is 18.0 Å². The Balaban J connectivity index is 2.57. The van der Waals surface area contributed by atoms with Crippen molar-refractivity contribution < 1.29 is 27.8 Å². The standard InChI is InChI=1S/C15H18N2O6S/c1-4-7-17-12(15(18)19)9-11(16-24(17,20)21)10-5-6-13(22-2)14(8-10)23-3/h5-6,8-9H,4,7H2,1-3H3,(H,18,19). The third-order valence-corrected chi connectivity index (χ3v) is 4.72. The molecule has 130 valence electrons. The summed E-state index contributed by atoms with van der Waals surface area (Å²) in [6.45, 7) is 1.80. The zero-order valence-electron chi connectivity index (χ0n) is 13.5. The number of hydrogen-bond acceptors (Lipinski definition) is 5. The summed E-state index contributed by atoms with van der Waals surface area (Å²) in [5.41, 5.74) is 0.100. The Bertz CT molecular complexity index is 813. The van der Waals surface area contributed by atoms with E-state index in [1.807, 2.05) is 0 Å². The second kappa shape index (κ2) is 6.91. The molecule has 1 heterocycles. The summed E-state index contributed by atoms with van der Waals surface area (Å²) in [4.78, 5) is 11.5. The highest BCUT2D eigenvalue weighted by molar-refractivity contribution is 7.88. The van der Waals surface area contributed by atoms with Gasteiger partial charge in [-0.1, -0.05) is 6.92 Å². The van der Waals surface area contributed by atoms with Crippen LogP contribution < -0.4 is 9.47 Å². The average Bonchev–Trinajstić information content (AvgIpc) is 2.55. The van der Waals surface area contributed by atoms with Crippen LogP contribution in [0.2, 0.25) is 0 Å². The van der Waals surface area contributed by atoms with Crippen LogP contribution in [0.3, 0.4) is 0 Å². The number of methoxy groups -OCH3 is 2. The van der Waals surface area contributed by atoms with Gasteiger partial charge in [-0.25, -0.2) is 9.10 Å². The van der Waals surface area contributed by atoms with Crippen molar-refractivity contribution in [1.82, 2.24) is 4.31 Å². The molecule has 1 N–H and O–H groups in total. The Morgan fingerprint density at radius 2 is 1.92 bits per heavy atom. The SMILES string of the molecule is CCCN1C(C(=O)O)=CC(c2ccc(OC)c(OC)c2)=NS1(=O)=O. The van der Waals surface area contributed by atoms with Gasteiger partial charge in [-0.3, -0.25) is 0 Å². The van der Waals surface area contributed by atoms with Crippen LogP contribution >= 0.6 is 0 Å². The van der Waals surface area contributed by atoms with Crippen LogP contribution in [-0.2, 0) is 15.0 Å². The topological polar surface area (TPSA) is 106 Å². The Morgan fingerprint density at radius 1 is 1.25 bits per heavy atom. The summed E-state index contributed by atoms with van der Waals surface area (Å²) in [5.74, 6) is -0.480. The van der Waals surface area contributed by atoms with Crippen LogP contribution in [0.25, 0.3) is 0 Å². The summed E-state index contributed by atoms with van der Waals surface area (Å²) in [7, 11) is -1.19. The first kappa shape index (κ1) is 17.8. The smallest absolute Gasteiger partial charge is 0.353 e. The average molecular weight is 354 g/mol. The lowest BCUT2D eigenvalue weighted by Crippen LogP contribution is -2.36. The van der Waals surface area contributed by atoms with E-state index in [1.54, 1.807) is 25.1 Å². The molecule has 0 amide bonds. The maximum Gasteiger partial charge on any atom is 0.353 e. The molecule has 8 nitrogen and oxygen atoms in total. The van der Waals surface area contributed by atoms with Crippen molar-refractivity contribution >= 4 is 21.9 Å². The van der Waals surface area contributed by atoms with Crippen molar-refractivity contribution in [2.24, 2.45) is 4.40 Å². The van der Waals surface area contributed by atoms with Gasteiger partial charge in [-0.05, 0) is 30.7 Å². The molecule has 0 bridgehead atoms. The van der Waals surface area contributed by atoms with Crippen molar-refractivity contribution in [3.8, 4) is 11.5 Å². The molecule has 0 spiro atoms. The van der Waals surface area contributed by atoms with E-state index >= 15 is 0 Å². The van der Waals surface area contributed by atoms with Crippen molar-refractivity contribution in [1.29, 1.82) is 0 Å². The molecule has 0 radical (unpaired) electrons. The van der Waals surface area contributed by atoms with Crippen LogP contribution in [0.15, 0.2) is 34.4 Å². The van der Waals surface area contributed by atoms with E-state index in [2.05, 4.69) is 4.40 Å². The first-order chi connectivity index (χ1) is 11.3. The fraction of sp³-hybridized carbons (Fsp3) is 0.333. The predicted octanol–water partition coefficient (Wildman–Crippen LogP) is 1.43. The largest absolute Gasteiger partial charge is 0.493 e.